The van der Waals surface area contributed by atoms with Crippen LogP contribution in [0.15, 0.2) is 53.1 Å². The van der Waals surface area contributed by atoms with Crippen LogP contribution >= 0.6 is 11.6 Å². The molecule has 0 unspecified atom stereocenters. The van der Waals surface area contributed by atoms with Gasteiger partial charge in [0.15, 0.2) is 5.76 Å². The van der Waals surface area contributed by atoms with Crippen LogP contribution in [0.3, 0.4) is 0 Å². The highest BCUT2D eigenvalue weighted by atomic mass is 35.5. The van der Waals surface area contributed by atoms with Crippen molar-refractivity contribution < 1.29 is 19.2 Å². The molecular formula is C24H19ClN2O4. The van der Waals surface area contributed by atoms with Gasteiger partial charge in [0.25, 0.3) is 5.91 Å². The molecule has 0 fully saturated rings. The zero-order chi connectivity index (χ0) is 21.5. The van der Waals surface area contributed by atoms with Crippen LogP contribution in [0.1, 0.15) is 29.0 Å². The summed E-state index contributed by atoms with van der Waals surface area (Å²) in [7, 11) is 0. The summed E-state index contributed by atoms with van der Waals surface area (Å²) in [6.07, 6.45) is 2.99. The number of hydrogen-bond donors (Lipinski definition) is 2. The van der Waals surface area contributed by atoms with Gasteiger partial charge in [-0.3, -0.25) is 4.79 Å². The van der Waals surface area contributed by atoms with Gasteiger partial charge in [0.1, 0.15) is 0 Å². The Morgan fingerprint density at radius 3 is 2.58 bits per heavy atom. The van der Waals surface area contributed by atoms with Crippen LogP contribution in [0.4, 0.5) is 5.69 Å². The number of carbonyl (C=O) groups excluding carboxylic acids is 1. The highest BCUT2D eigenvalue weighted by Gasteiger charge is 2.31. The molecule has 3 aromatic rings. The second-order valence-corrected chi connectivity index (χ2v) is 7.93. The average Bonchev–Trinajstić information content (AvgIpc) is 3.35. The Morgan fingerprint density at radius 2 is 1.90 bits per heavy atom. The van der Waals surface area contributed by atoms with Crippen LogP contribution in [0.5, 0.6) is 0 Å². The maximum Gasteiger partial charge on any atom is 0.260 e. The summed E-state index contributed by atoms with van der Waals surface area (Å²) in [5.41, 5.74) is 5.95. The monoisotopic (exact) mass is 434 g/mol. The molecule has 7 heteroatoms. The van der Waals surface area contributed by atoms with Gasteiger partial charge in [0, 0.05) is 17.2 Å². The van der Waals surface area contributed by atoms with Crippen LogP contribution in [-0.2, 0) is 9.53 Å². The van der Waals surface area contributed by atoms with Crippen LogP contribution in [0.2, 0.25) is 5.02 Å². The number of nitrogens with zero attached hydrogens (tertiary/aromatic N) is 1. The van der Waals surface area contributed by atoms with Gasteiger partial charge in [-0.2, -0.15) is 0 Å². The number of ether oxygens (including phenoxy) is 1. The van der Waals surface area contributed by atoms with Crippen LogP contribution < -0.4 is 5.32 Å². The molecular weight excluding hydrogens is 416 g/mol. The van der Waals surface area contributed by atoms with Crippen LogP contribution in [-0.4, -0.2) is 29.4 Å². The Kier molecular flexibility index (Phi) is 4.88. The number of halogens is 1. The molecule has 5 rings (SSSR count). The molecule has 1 amide bonds. The first kappa shape index (κ1) is 19.6. The summed E-state index contributed by atoms with van der Waals surface area (Å²) in [5, 5.41) is 17.7. The van der Waals surface area contributed by atoms with Crippen molar-refractivity contribution >= 4 is 40.1 Å². The summed E-state index contributed by atoms with van der Waals surface area (Å²) in [6, 6.07) is 13.2. The molecule has 2 N–H and O–H groups in total. The van der Waals surface area contributed by atoms with E-state index in [9.17, 15) is 9.90 Å². The largest absolute Gasteiger partial charge is 0.504 e. The zero-order valence-corrected chi connectivity index (χ0v) is 17.5. The third-order valence-electron chi connectivity index (χ3n) is 5.48. The fraction of sp³-hybridized carbons (Fsp3) is 0.167. The van der Waals surface area contributed by atoms with E-state index in [1.165, 1.54) is 5.57 Å². The second-order valence-electron chi connectivity index (χ2n) is 7.52. The van der Waals surface area contributed by atoms with Gasteiger partial charge < -0.3 is 19.7 Å². The molecule has 1 aromatic heterocycles. The van der Waals surface area contributed by atoms with E-state index in [0.29, 0.717) is 28.6 Å². The normalized spacial score (nSPS) is 17.2. The van der Waals surface area contributed by atoms with Gasteiger partial charge in [-0.15, -0.1) is 0 Å². The van der Waals surface area contributed by atoms with Crippen molar-refractivity contribution in [1.29, 1.82) is 0 Å². The maximum atomic E-state index is 12.6. The number of rotatable bonds is 3. The number of aliphatic hydroxyl groups is 1. The van der Waals surface area contributed by atoms with Crippen molar-refractivity contribution in [2.75, 3.05) is 18.5 Å². The molecule has 156 valence electrons. The first-order valence-corrected chi connectivity index (χ1v) is 10.3. The van der Waals surface area contributed by atoms with Gasteiger partial charge in [-0.1, -0.05) is 47.1 Å². The molecule has 0 saturated carbocycles. The number of aromatic nitrogens is 1. The molecule has 2 aliphatic rings. The number of nitrogens with one attached hydrogen (secondary N) is 1. The minimum Gasteiger partial charge on any atom is -0.504 e. The lowest BCUT2D eigenvalue weighted by Gasteiger charge is -2.14. The van der Waals surface area contributed by atoms with Crippen molar-refractivity contribution in [2.45, 2.75) is 13.3 Å². The topological polar surface area (TPSA) is 84.6 Å². The van der Waals surface area contributed by atoms with Crippen molar-refractivity contribution in [3.05, 3.63) is 76.1 Å². The molecule has 2 aromatic carbocycles. The van der Waals surface area contributed by atoms with Gasteiger partial charge in [-0.05, 0) is 42.2 Å². The first-order valence-electron chi connectivity index (χ1n) is 9.91. The number of anilines is 1. The highest BCUT2D eigenvalue weighted by molar-refractivity contribution is 6.38. The summed E-state index contributed by atoms with van der Waals surface area (Å²) < 4.78 is 10.5. The van der Waals surface area contributed by atoms with Gasteiger partial charge >= 0.3 is 0 Å². The van der Waals surface area contributed by atoms with Gasteiger partial charge in [0.05, 0.1) is 35.2 Å². The molecule has 31 heavy (non-hydrogen) atoms. The Labute approximate surface area is 183 Å². The van der Waals surface area contributed by atoms with E-state index in [1.54, 1.807) is 19.1 Å². The van der Waals surface area contributed by atoms with Crippen molar-refractivity contribution in [1.82, 2.24) is 5.16 Å². The first-order chi connectivity index (χ1) is 15.0. The van der Waals surface area contributed by atoms with E-state index in [4.69, 9.17) is 20.9 Å². The Hall–Kier alpha value is -3.35. The Bertz CT molecular complexity index is 1260. The molecule has 0 aliphatic carbocycles. The zero-order valence-electron chi connectivity index (χ0n) is 16.7. The maximum absolute atomic E-state index is 12.6. The molecule has 0 saturated heterocycles. The van der Waals surface area contributed by atoms with Gasteiger partial charge in [-0.25, -0.2) is 0 Å². The van der Waals surface area contributed by atoms with E-state index < -0.39 is 5.91 Å². The second kappa shape index (κ2) is 7.72. The minimum atomic E-state index is -0.420. The van der Waals surface area contributed by atoms with E-state index >= 15 is 0 Å². The fourth-order valence-corrected chi connectivity index (χ4v) is 4.17. The van der Waals surface area contributed by atoms with E-state index in [-0.39, 0.29) is 17.1 Å². The lowest BCUT2D eigenvalue weighted by molar-refractivity contribution is -0.110. The smallest absolute Gasteiger partial charge is 0.260 e. The quantitative estimate of drug-likeness (QED) is 0.421. The van der Waals surface area contributed by atoms with Crippen molar-refractivity contribution in [2.24, 2.45) is 0 Å². The lowest BCUT2D eigenvalue weighted by atomic mass is 9.95. The summed E-state index contributed by atoms with van der Waals surface area (Å²) in [4.78, 5) is 12.6. The Balaban J connectivity index is 1.56. The number of carbonyl (C=O) groups is 1. The van der Waals surface area contributed by atoms with E-state index in [2.05, 4.69) is 28.7 Å². The third-order valence-corrected chi connectivity index (χ3v) is 5.79. The predicted molar refractivity (Wildman–Crippen MR) is 120 cm³/mol. The SMILES string of the molecule is Cc1cc(C(O)=C2C(=O)Nc3cc(Cl)c(-c4ccc(C5=CCOCC5)cc4)cc32)on1. The van der Waals surface area contributed by atoms with E-state index in [1.807, 2.05) is 18.2 Å². The number of benzene rings is 2. The molecule has 0 spiro atoms. The van der Waals surface area contributed by atoms with Gasteiger partial charge in [0.2, 0.25) is 5.76 Å². The fourth-order valence-electron chi connectivity index (χ4n) is 3.90. The van der Waals surface area contributed by atoms with Crippen molar-refractivity contribution in [3.8, 4) is 11.1 Å². The molecule has 0 radical (unpaired) electrons. The van der Waals surface area contributed by atoms with E-state index in [0.717, 1.165) is 29.7 Å². The number of aliphatic hydroxyl groups excluding tert-OH is 1. The Morgan fingerprint density at radius 1 is 1.13 bits per heavy atom. The standard InChI is InChI=1S/C24H19ClN2O4/c1-13-10-21(31-27-13)23(28)22-18-11-17(19(25)12-20(18)26-24(22)29)16-4-2-14(3-5-16)15-6-8-30-9-7-15/h2-6,10-12,28H,7-9H2,1H3,(H,26,29). The minimum absolute atomic E-state index is 0.132. The molecule has 0 atom stereocenters. The van der Waals surface area contributed by atoms with Crippen LogP contribution in [0, 0.1) is 6.92 Å². The number of fused-ring (bicyclic) bond motifs is 1. The molecule has 6 nitrogen and oxygen atoms in total. The number of hydrogen-bond acceptors (Lipinski definition) is 5. The summed E-state index contributed by atoms with van der Waals surface area (Å²) in [5.74, 6) is -0.537. The lowest BCUT2D eigenvalue weighted by Crippen LogP contribution is -2.05. The summed E-state index contributed by atoms with van der Waals surface area (Å²) in [6.45, 7) is 3.11. The highest BCUT2D eigenvalue weighted by Crippen LogP contribution is 2.42. The number of aryl methyl sites for hydroxylation is 1. The molecule has 0 bridgehead atoms. The molecule has 3 heterocycles. The van der Waals surface area contributed by atoms with Crippen LogP contribution in [0.25, 0.3) is 28.0 Å². The molecule has 2 aliphatic heterocycles. The van der Waals surface area contributed by atoms with Crippen molar-refractivity contribution in [3.63, 3.8) is 0 Å². The average molecular weight is 435 g/mol. The predicted octanol–water partition coefficient (Wildman–Crippen LogP) is 5.49. The summed E-state index contributed by atoms with van der Waals surface area (Å²) >= 11 is 6.54. The third kappa shape index (κ3) is 3.54. The number of amides is 1.